The second kappa shape index (κ2) is 4.35. The Morgan fingerprint density at radius 2 is 2.11 bits per heavy atom. The largest absolute Gasteiger partial charge is 0.453 e. The van der Waals surface area contributed by atoms with E-state index in [0.717, 1.165) is 5.56 Å². The van der Waals surface area contributed by atoms with Crippen LogP contribution in [0.2, 0.25) is 0 Å². The number of anilines is 1. The van der Waals surface area contributed by atoms with Crippen LogP contribution in [0.15, 0.2) is 28.7 Å². The van der Waals surface area contributed by atoms with E-state index in [1.54, 1.807) is 6.07 Å². The lowest BCUT2D eigenvalue weighted by atomic mass is 9.97. The number of aryl methyl sites for hydroxylation is 1. The van der Waals surface area contributed by atoms with Crippen LogP contribution in [0, 0.1) is 5.82 Å². The molecule has 0 aliphatic carbocycles. The van der Waals surface area contributed by atoms with Crippen molar-refractivity contribution in [3.05, 3.63) is 41.4 Å². The summed E-state index contributed by atoms with van der Waals surface area (Å²) in [5, 5.41) is 2.73. The third-order valence-electron chi connectivity index (χ3n) is 3.08. The SMILES string of the molecule is O=Cc1ccc(-c2cc(F)cc3c2NC(=O)CC3)o1. The standard InChI is InChI=1S/C14H10FNO3/c15-9-5-8-1-4-13(18)16-14(8)11(6-9)12-3-2-10(7-17)19-12/h2-3,5-7H,1,4H2,(H,16,18). The van der Waals surface area contributed by atoms with Crippen molar-refractivity contribution < 1.29 is 18.4 Å². The molecule has 2 aromatic rings. The maximum atomic E-state index is 13.6. The second-order valence-corrected chi connectivity index (χ2v) is 4.36. The number of nitrogens with one attached hydrogen (secondary N) is 1. The van der Waals surface area contributed by atoms with Crippen molar-refractivity contribution in [1.29, 1.82) is 0 Å². The molecule has 0 atom stereocenters. The van der Waals surface area contributed by atoms with Gasteiger partial charge in [0.25, 0.3) is 0 Å². The monoisotopic (exact) mass is 259 g/mol. The van der Waals surface area contributed by atoms with Gasteiger partial charge in [0, 0.05) is 12.0 Å². The van der Waals surface area contributed by atoms with Gasteiger partial charge in [0.05, 0.1) is 5.69 Å². The molecule has 2 heterocycles. The van der Waals surface area contributed by atoms with E-state index in [1.165, 1.54) is 18.2 Å². The molecule has 0 spiro atoms. The number of hydrogen-bond donors (Lipinski definition) is 1. The number of amides is 1. The van der Waals surface area contributed by atoms with E-state index >= 15 is 0 Å². The van der Waals surface area contributed by atoms with Gasteiger partial charge in [-0.1, -0.05) is 0 Å². The summed E-state index contributed by atoms with van der Waals surface area (Å²) < 4.78 is 18.9. The number of benzene rings is 1. The Morgan fingerprint density at radius 1 is 1.26 bits per heavy atom. The summed E-state index contributed by atoms with van der Waals surface area (Å²) in [6.45, 7) is 0. The molecule has 1 aromatic carbocycles. The Kier molecular flexibility index (Phi) is 2.67. The van der Waals surface area contributed by atoms with Crippen molar-refractivity contribution in [1.82, 2.24) is 0 Å². The molecule has 96 valence electrons. The molecule has 1 aliphatic heterocycles. The van der Waals surface area contributed by atoms with Crippen LogP contribution in [0.5, 0.6) is 0 Å². The van der Waals surface area contributed by atoms with E-state index < -0.39 is 5.82 Å². The first-order chi connectivity index (χ1) is 9.17. The molecular weight excluding hydrogens is 249 g/mol. The molecule has 0 radical (unpaired) electrons. The fourth-order valence-corrected chi connectivity index (χ4v) is 2.21. The Bertz CT molecular complexity index is 675. The molecule has 5 heteroatoms. The molecule has 1 amide bonds. The van der Waals surface area contributed by atoms with Crippen LogP contribution in [-0.2, 0) is 11.2 Å². The minimum absolute atomic E-state index is 0.109. The fourth-order valence-electron chi connectivity index (χ4n) is 2.21. The van der Waals surface area contributed by atoms with Crippen LogP contribution in [0.3, 0.4) is 0 Å². The predicted molar refractivity (Wildman–Crippen MR) is 66.4 cm³/mol. The third-order valence-corrected chi connectivity index (χ3v) is 3.08. The predicted octanol–water partition coefficient (Wildman–Crippen LogP) is 2.78. The molecule has 3 rings (SSSR count). The summed E-state index contributed by atoms with van der Waals surface area (Å²) in [5.74, 6) is 0.0201. The molecule has 0 unspecified atom stereocenters. The highest BCUT2D eigenvalue weighted by atomic mass is 19.1. The van der Waals surface area contributed by atoms with Crippen LogP contribution in [-0.4, -0.2) is 12.2 Å². The minimum atomic E-state index is -0.394. The highest BCUT2D eigenvalue weighted by Crippen LogP contribution is 2.35. The van der Waals surface area contributed by atoms with Crippen molar-refractivity contribution in [2.75, 3.05) is 5.32 Å². The van der Waals surface area contributed by atoms with Crippen molar-refractivity contribution in [2.45, 2.75) is 12.8 Å². The van der Waals surface area contributed by atoms with Crippen molar-refractivity contribution in [3.63, 3.8) is 0 Å². The van der Waals surface area contributed by atoms with E-state index in [4.69, 9.17) is 4.42 Å². The van der Waals surface area contributed by atoms with Crippen LogP contribution in [0.25, 0.3) is 11.3 Å². The fraction of sp³-hybridized carbons (Fsp3) is 0.143. The second-order valence-electron chi connectivity index (χ2n) is 4.36. The summed E-state index contributed by atoms with van der Waals surface area (Å²) in [6, 6.07) is 5.78. The number of halogens is 1. The van der Waals surface area contributed by atoms with Crippen molar-refractivity contribution in [2.24, 2.45) is 0 Å². The molecule has 19 heavy (non-hydrogen) atoms. The zero-order valence-electron chi connectivity index (χ0n) is 9.90. The Morgan fingerprint density at radius 3 is 2.84 bits per heavy atom. The first-order valence-electron chi connectivity index (χ1n) is 5.85. The van der Waals surface area contributed by atoms with Gasteiger partial charge in [-0.05, 0) is 36.2 Å². The number of hydrogen-bond acceptors (Lipinski definition) is 3. The molecule has 1 N–H and O–H groups in total. The van der Waals surface area contributed by atoms with Gasteiger partial charge in [-0.2, -0.15) is 0 Å². The van der Waals surface area contributed by atoms with Gasteiger partial charge in [-0.3, -0.25) is 9.59 Å². The summed E-state index contributed by atoms with van der Waals surface area (Å²) in [5.41, 5.74) is 1.75. The van der Waals surface area contributed by atoms with Gasteiger partial charge in [0.1, 0.15) is 11.6 Å². The van der Waals surface area contributed by atoms with Crippen LogP contribution < -0.4 is 5.32 Å². The van der Waals surface area contributed by atoms with E-state index in [0.29, 0.717) is 36.1 Å². The van der Waals surface area contributed by atoms with E-state index in [1.807, 2.05) is 0 Å². The molecule has 1 aromatic heterocycles. The normalized spacial score (nSPS) is 13.8. The zero-order chi connectivity index (χ0) is 13.4. The van der Waals surface area contributed by atoms with Crippen molar-refractivity contribution in [3.8, 4) is 11.3 Å². The third kappa shape index (κ3) is 2.03. The Labute approximate surface area is 108 Å². The van der Waals surface area contributed by atoms with Crippen LogP contribution in [0.4, 0.5) is 10.1 Å². The summed E-state index contributed by atoms with van der Waals surface area (Å²) in [6.07, 6.45) is 1.41. The number of fused-ring (bicyclic) bond motifs is 1. The summed E-state index contributed by atoms with van der Waals surface area (Å²) >= 11 is 0. The molecule has 4 nitrogen and oxygen atoms in total. The van der Waals surface area contributed by atoms with Crippen LogP contribution >= 0.6 is 0 Å². The van der Waals surface area contributed by atoms with Gasteiger partial charge in [-0.15, -0.1) is 0 Å². The number of carbonyl (C=O) groups is 2. The molecule has 0 saturated heterocycles. The van der Waals surface area contributed by atoms with Gasteiger partial charge in [-0.25, -0.2) is 4.39 Å². The molecular formula is C14H10FNO3. The Balaban J connectivity index is 2.17. The molecule has 1 aliphatic rings. The molecule has 0 bridgehead atoms. The Hall–Kier alpha value is -2.43. The highest BCUT2D eigenvalue weighted by molar-refractivity contribution is 5.98. The maximum Gasteiger partial charge on any atom is 0.224 e. The minimum Gasteiger partial charge on any atom is -0.453 e. The molecule has 0 saturated carbocycles. The average molecular weight is 259 g/mol. The van der Waals surface area contributed by atoms with Crippen molar-refractivity contribution >= 4 is 17.9 Å². The highest BCUT2D eigenvalue weighted by Gasteiger charge is 2.21. The zero-order valence-corrected chi connectivity index (χ0v) is 9.90. The van der Waals surface area contributed by atoms with Gasteiger partial charge >= 0.3 is 0 Å². The number of rotatable bonds is 2. The summed E-state index contributed by atoms with van der Waals surface area (Å²) in [7, 11) is 0. The average Bonchev–Trinajstić information content (AvgIpc) is 2.87. The van der Waals surface area contributed by atoms with Gasteiger partial charge in [0.2, 0.25) is 5.91 Å². The lowest BCUT2D eigenvalue weighted by Gasteiger charge is -2.19. The van der Waals surface area contributed by atoms with E-state index in [-0.39, 0.29) is 11.7 Å². The number of furan rings is 1. The summed E-state index contributed by atoms with van der Waals surface area (Å²) in [4.78, 5) is 22.1. The first kappa shape index (κ1) is 11.6. The lowest BCUT2D eigenvalue weighted by molar-refractivity contribution is -0.116. The quantitative estimate of drug-likeness (QED) is 0.843. The first-order valence-corrected chi connectivity index (χ1v) is 5.85. The van der Waals surface area contributed by atoms with E-state index in [9.17, 15) is 14.0 Å². The van der Waals surface area contributed by atoms with Crippen LogP contribution in [0.1, 0.15) is 22.5 Å². The number of carbonyl (C=O) groups excluding carboxylic acids is 2. The van der Waals surface area contributed by atoms with Gasteiger partial charge in [0.15, 0.2) is 12.0 Å². The molecule has 0 fully saturated rings. The van der Waals surface area contributed by atoms with Gasteiger partial charge < -0.3 is 9.73 Å². The smallest absolute Gasteiger partial charge is 0.224 e. The lowest BCUT2D eigenvalue weighted by Crippen LogP contribution is -2.19. The number of aldehydes is 1. The maximum absolute atomic E-state index is 13.6. The topological polar surface area (TPSA) is 59.3 Å². The van der Waals surface area contributed by atoms with E-state index in [2.05, 4.69) is 5.32 Å².